The van der Waals surface area contributed by atoms with Crippen molar-refractivity contribution in [3.63, 3.8) is 0 Å². The van der Waals surface area contributed by atoms with E-state index in [0.29, 0.717) is 12.8 Å². The molecule has 4 nitrogen and oxygen atoms in total. The normalized spacial score (nSPS) is 25.1. The highest BCUT2D eigenvalue weighted by Gasteiger charge is 2.39. The fourth-order valence-electron chi connectivity index (χ4n) is 4.18. The van der Waals surface area contributed by atoms with Gasteiger partial charge in [0.25, 0.3) is 0 Å². The van der Waals surface area contributed by atoms with Crippen LogP contribution in [0.25, 0.3) is 0 Å². The van der Waals surface area contributed by atoms with Crippen molar-refractivity contribution < 1.29 is 19.4 Å². The number of Topliss-reactive ketones (excluding diaryl/α,β-unsaturated/α-hetero) is 1. The van der Waals surface area contributed by atoms with Crippen LogP contribution < -0.4 is 0 Å². The molecule has 3 atom stereocenters. The van der Waals surface area contributed by atoms with Crippen LogP contribution in [0.15, 0.2) is 48.1 Å². The fourth-order valence-corrected chi connectivity index (χ4v) is 4.18. The molecule has 0 radical (unpaired) electrons. The van der Waals surface area contributed by atoms with Gasteiger partial charge in [-0.3, -0.25) is 9.59 Å². The van der Waals surface area contributed by atoms with Gasteiger partial charge < -0.3 is 9.84 Å². The fraction of sp³-hybridized carbons (Fsp3) is 0.615. The summed E-state index contributed by atoms with van der Waals surface area (Å²) in [6, 6.07) is 0. The lowest BCUT2D eigenvalue weighted by molar-refractivity contribution is -0.140. The third-order valence-electron chi connectivity index (χ3n) is 6.11. The quantitative estimate of drug-likeness (QED) is 0.359. The van der Waals surface area contributed by atoms with Crippen LogP contribution in [-0.4, -0.2) is 30.1 Å². The number of methoxy groups -OCH3 is 1. The Balaban J connectivity index is 1.83. The van der Waals surface area contributed by atoms with E-state index >= 15 is 0 Å². The molecular weight excluding hydrogens is 376 g/mol. The highest BCUT2D eigenvalue weighted by atomic mass is 16.5. The van der Waals surface area contributed by atoms with Gasteiger partial charge >= 0.3 is 5.97 Å². The monoisotopic (exact) mass is 414 g/mol. The Morgan fingerprint density at radius 3 is 2.73 bits per heavy atom. The first-order chi connectivity index (χ1) is 14.3. The number of carbonyl (C=O) groups excluding carboxylic acids is 2. The Labute approximate surface area is 181 Å². The number of ether oxygens (including phenoxy) is 1. The second-order valence-electron chi connectivity index (χ2n) is 9.21. The van der Waals surface area contributed by atoms with Crippen molar-refractivity contribution in [1.29, 1.82) is 0 Å². The summed E-state index contributed by atoms with van der Waals surface area (Å²) in [6.07, 6.45) is 21.8. The van der Waals surface area contributed by atoms with Crippen LogP contribution in [0.4, 0.5) is 0 Å². The van der Waals surface area contributed by atoms with Crippen molar-refractivity contribution in [2.45, 2.75) is 77.7 Å². The number of ketones is 1. The largest absolute Gasteiger partial charge is 0.469 e. The van der Waals surface area contributed by atoms with Gasteiger partial charge in [-0.25, -0.2) is 0 Å². The van der Waals surface area contributed by atoms with Crippen LogP contribution in [0.1, 0.15) is 71.6 Å². The average Bonchev–Trinajstić information content (AvgIpc) is 3.31. The summed E-state index contributed by atoms with van der Waals surface area (Å²) in [6.45, 7) is 4.44. The van der Waals surface area contributed by atoms with E-state index in [1.54, 1.807) is 0 Å². The van der Waals surface area contributed by atoms with Gasteiger partial charge in [-0.05, 0) is 50.4 Å². The molecule has 0 unspecified atom stereocenters. The van der Waals surface area contributed by atoms with Crippen molar-refractivity contribution in [1.82, 2.24) is 0 Å². The Morgan fingerprint density at radius 2 is 2.03 bits per heavy atom. The van der Waals surface area contributed by atoms with E-state index in [0.717, 1.165) is 19.3 Å². The molecular formula is C26H38O4. The van der Waals surface area contributed by atoms with Gasteiger partial charge in [0.15, 0.2) is 0 Å². The van der Waals surface area contributed by atoms with Crippen LogP contribution in [0.3, 0.4) is 0 Å². The van der Waals surface area contributed by atoms with Crippen molar-refractivity contribution in [3.05, 3.63) is 48.1 Å². The highest BCUT2D eigenvalue weighted by Crippen LogP contribution is 2.35. The van der Waals surface area contributed by atoms with Crippen molar-refractivity contribution in [3.8, 4) is 0 Å². The van der Waals surface area contributed by atoms with Gasteiger partial charge in [-0.2, -0.15) is 0 Å². The number of aliphatic hydroxyl groups excluding tert-OH is 1. The molecule has 166 valence electrons. The van der Waals surface area contributed by atoms with Crippen LogP contribution in [0, 0.1) is 17.3 Å². The van der Waals surface area contributed by atoms with E-state index in [-0.39, 0.29) is 35.4 Å². The predicted molar refractivity (Wildman–Crippen MR) is 121 cm³/mol. The SMILES string of the molecule is COC(=O)CC/C=C\CC[C@H]1C(=O)C[C@@H](O)[C@@H]1/C=C/CC(C)(C)/C=C/C1=CCCC1. The second-order valence-corrected chi connectivity index (χ2v) is 9.21. The minimum atomic E-state index is -0.579. The summed E-state index contributed by atoms with van der Waals surface area (Å²) in [5, 5.41) is 10.4. The molecule has 2 rings (SSSR count). The maximum atomic E-state index is 12.4. The van der Waals surface area contributed by atoms with Gasteiger partial charge in [0.05, 0.1) is 13.2 Å². The first-order valence-corrected chi connectivity index (χ1v) is 11.3. The number of carbonyl (C=O) groups is 2. The molecule has 0 bridgehead atoms. The van der Waals surface area contributed by atoms with E-state index in [2.05, 4.69) is 49.0 Å². The molecule has 0 aromatic rings. The zero-order valence-corrected chi connectivity index (χ0v) is 18.8. The smallest absolute Gasteiger partial charge is 0.305 e. The standard InChI is InChI=1S/C26H38O4/c1-26(2,18-16-20-11-8-9-12-20)17-10-14-22-21(23(27)19-24(22)28)13-6-4-5-7-15-25(29)30-3/h4-5,10-11,14,16,18,21-22,24,28H,6-9,12-13,15,17,19H2,1-3H3/b5-4-,14-10+,18-16+/t21-,22-,24-/m1/s1. The molecule has 0 aromatic heterocycles. The lowest BCUT2D eigenvalue weighted by atomic mass is 9.85. The summed E-state index contributed by atoms with van der Waals surface area (Å²) in [4.78, 5) is 23.5. The Bertz CT molecular complexity index is 696. The van der Waals surface area contributed by atoms with Crippen molar-refractivity contribution in [2.24, 2.45) is 17.3 Å². The molecule has 2 aliphatic rings. The minimum absolute atomic E-state index is 0.0470. The van der Waals surface area contributed by atoms with Crippen LogP contribution >= 0.6 is 0 Å². The molecule has 1 N–H and O–H groups in total. The van der Waals surface area contributed by atoms with Gasteiger partial charge in [0.2, 0.25) is 0 Å². The van der Waals surface area contributed by atoms with E-state index in [4.69, 9.17) is 0 Å². The zero-order valence-electron chi connectivity index (χ0n) is 18.8. The third kappa shape index (κ3) is 8.06. The van der Waals surface area contributed by atoms with Crippen molar-refractivity contribution in [2.75, 3.05) is 7.11 Å². The van der Waals surface area contributed by atoms with E-state index in [9.17, 15) is 14.7 Å². The molecule has 0 amide bonds. The van der Waals surface area contributed by atoms with Crippen LogP contribution in [0.5, 0.6) is 0 Å². The van der Waals surface area contributed by atoms with Crippen molar-refractivity contribution >= 4 is 11.8 Å². The molecule has 1 saturated carbocycles. The topological polar surface area (TPSA) is 63.6 Å². The highest BCUT2D eigenvalue weighted by molar-refractivity contribution is 5.84. The molecule has 0 aliphatic heterocycles. The van der Waals surface area contributed by atoms with E-state index in [1.807, 2.05) is 12.2 Å². The summed E-state index contributed by atoms with van der Waals surface area (Å²) in [7, 11) is 1.39. The first kappa shape index (κ1) is 24.3. The maximum Gasteiger partial charge on any atom is 0.305 e. The molecule has 1 fully saturated rings. The lowest BCUT2D eigenvalue weighted by Crippen LogP contribution is -2.18. The lowest BCUT2D eigenvalue weighted by Gasteiger charge is -2.20. The molecule has 4 heteroatoms. The average molecular weight is 415 g/mol. The predicted octanol–water partition coefficient (Wildman–Crippen LogP) is 5.48. The van der Waals surface area contributed by atoms with Gasteiger partial charge in [-0.1, -0.05) is 62.0 Å². The third-order valence-corrected chi connectivity index (χ3v) is 6.11. The molecule has 2 aliphatic carbocycles. The number of hydrogen-bond acceptors (Lipinski definition) is 4. The zero-order chi connectivity index (χ0) is 22.0. The molecule has 0 heterocycles. The Hall–Kier alpha value is -1.94. The number of allylic oxidation sites excluding steroid dienone is 7. The van der Waals surface area contributed by atoms with Gasteiger partial charge in [-0.15, -0.1) is 0 Å². The Kier molecular flexibility index (Phi) is 9.77. The van der Waals surface area contributed by atoms with Crippen LogP contribution in [0.2, 0.25) is 0 Å². The summed E-state index contributed by atoms with van der Waals surface area (Å²) < 4.78 is 4.62. The summed E-state index contributed by atoms with van der Waals surface area (Å²) in [5.74, 6) is -0.272. The number of rotatable bonds is 11. The summed E-state index contributed by atoms with van der Waals surface area (Å²) in [5.41, 5.74) is 1.48. The second kappa shape index (κ2) is 12.0. The van der Waals surface area contributed by atoms with E-state index < -0.39 is 6.10 Å². The number of esters is 1. The number of hydrogen-bond donors (Lipinski definition) is 1. The van der Waals surface area contributed by atoms with Gasteiger partial charge in [0.1, 0.15) is 5.78 Å². The molecule has 0 aromatic carbocycles. The van der Waals surface area contributed by atoms with Gasteiger partial charge in [0, 0.05) is 24.7 Å². The van der Waals surface area contributed by atoms with Crippen LogP contribution in [-0.2, 0) is 14.3 Å². The molecule has 0 saturated heterocycles. The molecule has 30 heavy (non-hydrogen) atoms. The molecule has 0 spiro atoms. The summed E-state index contributed by atoms with van der Waals surface area (Å²) >= 11 is 0. The van der Waals surface area contributed by atoms with E-state index in [1.165, 1.54) is 31.9 Å². The first-order valence-electron chi connectivity index (χ1n) is 11.3. The minimum Gasteiger partial charge on any atom is -0.469 e. The maximum absolute atomic E-state index is 12.4. The Morgan fingerprint density at radius 1 is 1.27 bits per heavy atom. The number of aliphatic hydroxyl groups is 1.